The second-order valence-electron chi connectivity index (χ2n) is 6.83. The number of fused-ring (bicyclic) bond motifs is 1. The molecule has 2 nitrogen and oxygen atoms in total. The minimum atomic E-state index is -1.35. The highest BCUT2D eigenvalue weighted by Crippen LogP contribution is 2.60. The molecule has 1 aromatic carbocycles. The molecule has 1 heterocycles. The summed E-state index contributed by atoms with van der Waals surface area (Å²) >= 11 is 3.42. The Balaban J connectivity index is 1.90. The van der Waals surface area contributed by atoms with Crippen LogP contribution in [0.1, 0.15) is 23.2 Å². The SMILES string of the molecule is C[Si](C)(C)[C@@]12C[C@@H]1CCN2C(=O)c1ccc(Br)cc1. The number of rotatable bonds is 2. The van der Waals surface area contributed by atoms with Crippen LogP contribution < -0.4 is 0 Å². The van der Waals surface area contributed by atoms with Gasteiger partial charge in [0.1, 0.15) is 0 Å². The van der Waals surface area contributed by atoms with E-state index < -0.39 is 8.07 Å². The summed E-state index contributed by atoms with van der Waals surface area (Å²) in [5.41, 5.74) is 0.827. The van der Waals surface area contributed by atoms with E-state index in [9.17, 15) is 4.79 Å². The lowest BCUT2D eigenvalue weighted by Crippen LogP contribution is -2.54. The van der Waals surface area contributed by atoms with Gasteiger partial charge in [-0.3, -0.25) is 4.79 Å². The second kappa shape index (κ2) is 4.19. The number of nitrogens with zero attached hydrogens (tertiary/aromatic N) is 1. The molecular formula is C15H20BrNOSi. The van der Waals surface area contributed by atoms with Gasteiger partial charge in [0.2, 0.25) is 0 Å². The Bertz CT molecular complexity index is 522. The molecule has 0 radical (unpaired) electrons. The fraction of sp³-hybridized carbons (Fsp3) is 0.533. The van der Waals surface area contributed by atoms with Gasteiger partial charge in [0.25, 0.3) is 5.91 Å². The van der Waals surface area contributed by atoms with E-state index >= 15 is 0 Å². The van der Waals surface area contributed by atoms with Crippen molar-refractivity contribution in [1.82, 2.24) is 4.90 Å². The van der Waals surface area contributed by atoms with Crippen LogP contribution in [0.25, 0.3) is 0 Å². The highest BCUT2D eigenvalue weighted by Gasteiger charge is 2.69. The number of carbonyl (C=O) groups excluding carboxylic acids is 1. The summed E-state index contributed by atoms with van der Waals surface area (Å²) in [6.45, 7) is 8.16. The van der Waals surface area contributed by atoms with Gasteiger partial charge >= 0.3 is 0 Å². The van der Waals surface area contributed by atoms with Gasteiger partial charge in [-0.1, -0.05) is 35.6 Å². The standard InChI is InChI=1S/C15H20BrNOSi/c1-19(2,3)15-10-12(15)8-9-17(15)14(18)11-4-6-13(16)7-5-11/h4-7,12H,8-10H2,1-3H3/t12-,15-/m0/s1. The van der Waals surface area contributed by atoms with Gasteiger partial charge in [-0.15, -0.1) is 0 Å². The van der Waals surface area contributed by atoms with Crippen molar-refractivity contribution in [3.63, 3.8) is 0 Å². The molecule has 19 heavy (non-hydrogen) atoms. The molecule has 0 bridgehead atoms. The van der Waals surface area contributed by atoms with E-state index in [2.05, 4.69) is 40.5 Å². The number of halogens is 1. The smallest absolute Gasteiger partial charge is 0.254 e. The highest BCUT2D eigenvalue weighted by molar-refractivity contribution is 9.10. The minimum absolute atomic E-state index is 0.231. The predicted octanol–water partition coefficient (Wildman–Crippen LogP) is 3.93. The molecule has 1 aliphatic heterocycles. The van der Waals surface area contributed by atoms with Crippen molar-refractivity contribution in [2.75, 3.05) is 6.54 Å². The molecular weight excluding hydrogens is 318 g/mol. The van der Waals surface area contributed by atoms with Crippen molar-refractivity contribution in [2.45, 2.75) is 37.6 Å². The van der Waals surface area contributed by atoms with Crippen molar-refractivity contribution in [3.8, 4) is 0 Å². The third-order valence-corrected chi connectivity index (χ3v) is 8.90. The molecule has 1 amide bonds. The average Bonchev–Trinajstić information content (AvgIpc) is 2.97. The Kier molecular flexibility index (Phi) is 2.95. The van der Waals surface area contributed by atoms with Crippen molar-refractivity contribution in [3.05, 3.63) is 34.3 Å². The predicted molar refractivity (Wildman–Crippen MR) is 84.0 cm³/mol. The van der Waals surface area contributed by atoms with Crippen LogP contribution in [0.3, 0.4) is 0 Å². The summed E-state index contributed by atoms with van der Waals surface area (Å²) in [6.07, 6.45) is 2.44. The molecule has 0 aromatic heterocycles. The third-order valence-electron chi connectivity index (χ3n) is 4.89. The van der Waals surface area contributed by atoms with Crippen molar-refractivity contribution in [2.24, 2.45) is 5.92 Å². The number of hydrogen-bond donors (Lipinski definition) is 0. The first-order chi connectivity index (χ1) is 8.86. The lowest BCUT2D eigenvalue weighted by atomic mass is 10.2. The van der Waals surface area contributed by atoms with Gasteiger partial charge in [0.15, 0.2) is 0 Å². The molecule has 3 rings (SSSR count). The zero-order chi connectivity index (χ0) is 13.8. The maximum atomic E-state index is 12.8. The first-order valence-corrected chi connectivity index (χ1v) is 11.2. The first kappa shape index (κ1) is 13.4. The summed E-state index contributed by atoms with van der Waals surface area (Å²) in [4.78, 5) is 15.0. The van der Waals surface area contributed by atoms with Crippen LogP contribution >= 0.6 is 15.9 Å². The Labute approximate surface area is 124 Å². The monoisotopic (exact) mass is 337 g/mol. The molecule has 1 aromatic rings. The van der Waals surface area contributed by atoms with Gasteiger partial charge < -0.3 is 4.90 Å². The van der Waals surface area contributed by atoms with Crippen molar-refractivity contribution < 1.29 is 4.79 Å². The fourth-order valence-electron chi connectivity index (χ4n) is 3.83. The summed E-state index contributed by atoms with van der Waals surface area (Å²) in [5.74, 6) is 1.01. The van der Waals surface area contributed by atoms with Gasteiger partial charge in [-0.25, -0.2) is 0 Å². The van der Waals surface area contributed by atoms with Gasteiger partial charge in [-0.2, -0.15) is 0 Å². The highest BCUT2D eigenvalue weighted by atomic mass is 79.9. The number of benzene rings is 1. The maximum absolute atomic E-state index is 12.8. The second-order valence-corrected chi connectivity index (χ2v) is 13.1. The van der Waals surface area contributed by atoms with Crippen LogP contribution in [0, 0.1) is 5.92 Å². The van der Waals surface area contributed by atoms with Gasteiger partial charge in [-0.05, 0) is 43.0 Å². The van der Waals surface area contributed by atoms with Gasteiger partial charge in [0, 0.05) is 21.7 Å². The van der Waals surface area contributed by atoms with E-state index in [-0.39, 0.29) is 11.1 Å². The molecule has 0 spiro atoms. The largest absolute Gasteiger partial charge is 0.335 e. The third kappa shape index (κ3) is 1.91. The van der Waals surface area contributed by atoms with Crippen LogP contribution in [-0.2, 0) is 0 Å². The first-order valence-electron chi connectivity index (χ1n) is 6.94. The van der Waals surface area contributed by atoms with E-state index in [1.165, 1.54) is 12.8 Å². The van der Waals surface area contributed by atoms with Crippen molar-refractivity contribution in [1.29, 1.82) is 0 Å². The Morgan fingerprint density at radius 1 is 1.32 bits per heavy atom. The van der Waals surface area contributed by atoms with Crippen LogP contribution in [0.5, 0.6) is 0 Å². The molecule has 1 saturated heterocycles. The van der Waals surface area contributed by atoms with Crippen LogP contribution in [0.15, 0.2) is 28.7 Å². The average molecular weight is 338 g/mol. The molecule has 1 aliphatic carbocycles. The van der Waals surface area contributed by atoms with E-state index in [1.807, 2.05) is 24.3 Å². The summed E-state index contributed by atoms with van der Waals surface area (Å²) in [6, 6.07) is 7.77. The Morgan fingerprint density at radius 2 is 1.95 bits per heavy atom. The lowest BCUT2D eigenvalue weighted by Gasteiger charge is -2.37. The molecule has 0 N–H and O–H groups in total. The number of piperidine rings is 1. The van der Waals surface area contributed by atoms with Crippen LogP contribution in [0.4, 0.5) is 0 Å². The molecule has 2 fully saturated rings. The molecule has 4 heteroatoms. The summed E-state index contributed by atoms with van der Waals surface area (Å²) < 4.78 is 1.02. The van der Waals surface area contributed by atoms with Crippen molar-refractivity contribution >= 4 is 29.9 Å². The number of carbonyl (C=O) groups is 1. The summed E-state index contributed by atoms with van der Waals surface area (Å²) in [5, 5.41) is 0.247. The maximum Gasteiger partial charge on any atom is 0.254 e. The summed E-state index contributed by atoms with van der Waals surface area (Å²) in [7, 11) is -1.35. The zero-order valence-electron chi connectivity index (χ0n) is 11.7. The van der Waals surface area contributed by atoms with Crippen LogP contribution in [0.2, 0.25) is 19.6 Å². The van der Waals surface area contributed by atoms with Crippen LogP contribution in [-0.4, -0.2) is 30.6 Å². The van der Waals surface area contributed by atoms with E-state index in [1.54, 1.807) is 0 Å². The van der Waals surface area contributed by atoms with E-state index in [0.29, 0.717) is 0 Å². The van der Waals surface area contributed by atoms with E-state index in [0.717, 1.165) is 22.5 Å². The topological polar surface area (TPSA) is 20.3 Å². The minimum Gasteiger partial charge on any atom is -0.335 e. The number of amides is 1. The Hall–Kier alpha value is -0.613. The molecule has 102 valence electrons. The van der Waals surface area contributed by atoms with E-state index in [4.69, 9.17) is 0 Å². The normalized spacial score (nSPS) is 29.3. The fourth-order valence-corrected chi connectivity index (χ4v) is 7.34. The quantitative estimate of drug-likeness (QED) is 0.748. The van der Waals surface area contributed by atoms with Gasteiger partial charge in [0.05, 0.1) is 8.07 Å². The molecule has 2 aliphatic rings. The zero-order valence-corrected chi connectivity index (χ0v) is 14.3. The molecule has 1 saturated carbocycles. The number of likely N-dealkylation sites (tertiary alicyclic amines) is 1. The molecule has 0 unspecified atom stereocenters. The lowest BCUT2D eigenvalue weighted by molar-refractivity contribution is 0.0741. The Morgan fingerprint density at radius 3 is 2.47 bits per heavy atom. The molecule has 2 atom stereocenters. The number of hydrogen-bond acceptors (Lipinski definition) is 1.